The fraction of sp³-hybridized carbons (Fsp3) is 0.800. The normalized spacial score (nSPS) is 34.5. The van der Waals surface area contributed by atoms with Gasteiger partial charge in [0, 0.05) is 0 Å². The highest BCUT2D eigenvalue weighted by molar-refractivity contribution is 4.88. The second kappa shape index (κ2) is 3.78. The molecule has 1 aliphatic heterocycles. The Hall–Kier alpha value is -0.380. The van der Waals surface area contributed by atoms with Gasteiger partial charge in [0.25, 0.3) is 0 Å². The Bertz CT molecular complexity index is 187. The molecule has 0 aromatic carbocycles. The summed E-state index contributed by atoms with van der Waals surface area (Å²) in [4.78, 5) is 0. The van der Waals surface area contributed by atoms with Gasteiger partial charge in [0.2, 0.25) is 0 Å². The molecule has 0 unspecified atom stereocenters. The van der Waals surface area contributed by atoms with Crippen LogP contribution in [0, 0.1) is 0 Å². The van der Waals surface area contributed by atoms with Gasteiger partial charge in [0.05, 0.1) is 12.2 Å². The van der Waals surface area contributed by atoms with Gasteiger partial charge in [0.1, 0.15) is 6.10 Å². The van der Waals surface area contributed by atoms with Gasteiger partial charge in [-0.1, -0.05) is 6.08 Å². The average molecular weight is 186 g/mol. The van der Waals surface area contributed by atoms with Crippen LogP contribution in [0.3, 0.4) is 0 Å². The molecule has 1 N–H and O–H groups in total. The van der Waals surface area contributed by atoms with E-state index in [0.29, 0.717) is 6.42 Å². The lowest BCUT2D eigenvalue weighted by atomic mass is 10.1. The van der Waals surface area contributed by atoms with Crippen LogP contribution in [0.5, 0.6) is 0 Å². The van der Waals surface area contributed by atoms with Gasteiger partial charge in [-0.3, -0.25) is 0 Å². The van der Waals surface area contributed by atoms with Gasteiger partial charge in [-0.15, -0.1) is 6.58 Å². The summed E-state index contributed by atoms with van der Waals surface area (Å²) < 4.78 is 11.2. The van der Waals surface area contributed by atoms with Crippen LogP contribution in [0.25, 0.3) is 0 Å². The van der Waals surface area contributed by atoms with E-state index in [-0.39, 0.29) is 12.2 Å². The summed E-state index contributed by atoms with van der Waals surface area (Å²) in [7, 11) is 0. The van der Waals surface area contributed by atoms with Gasteiger partial charge in [-0.2, -0.15) is 0 Å². The molecule has 0 aromatic heterocycles. The van der Waals surface area contributed by atoms with E-state index in [9.17, 15) is 5.11 Å². The summed E-state index contributed by atoms with van der Waals surface area (Å²) in [5, 5.41) is 9.44. The third-order valence-corrected chi connectivity index (χ3v) is 2.10. The molecule has 0 spiro atoms. The Kier molecular flexibility index (Phi) is 3.11. The largest absolute Gasteiger partial charge is 0.391 e. The first-order valence-corrected chi connectivity index (χ1v) is 4.61. The number of ether oxygens (including phenoxy) is 2. The molecule has 1 aliphatic rings. The Morgan fingerprint density at radius 2 is 2.15 bits per heavy atom. The topological polar surface area (TPSA) is 38.7 Å². The summed E-state index contributed by atoms with van der Waals surface area (Å²) in [5.41, 5.74) is 0. The molecule has 3 heteroatoms. The first-order valence-electron chi connectivity index (χ1n) is 4.61. The molecule has 3 atom stereocenters. The maximum absolute atomic E-state index is 9.44. The number of hydrogen-bond acceptors (Lipinski definition) is 3. The molecule has 1 saturated heterocycles. The Balaban J connectivity index is 2.65. The molecule has 76 valence electrons. The molecular formula is C10H18O3. The van der Waals surface area contributed by atoms with E-state index in [2.05, 4.69) is 6.58 Å². The van der Waals surface area contributed by atoms with Crippen molar-refractivity contribution in [3.8, 4) is 0 Å². The van der Waals surface area contributed by atoms with Crippen LogP contribution in [0.1, 0.15) is 27.2 Å². The fourth-order valence-corrected chi connectivity index (χ4v) is 1.62. The van der Waals surface area contributed by atoms with E-state index in [4.69, 9.17) is 9.47 Å². The Morgan fingerprint density at radius 3 is 2.62 bits per heavy atom. The molecule has 0 amide bonds. The lowest BCUT2D eigenvalue weighted by Gasteiger charge is -2.18. The van der Waals surface area contributed by atoms with Crippen molar-refractivity contribution < 1.29 is 14.6 Å². The molecule has 0 aliphatic carbocycles. The van der Waals surface area contributed by atoms with Crippen LogP contribution in [0.15, 0.2) is 12.7 Å². The minimum Gasteiger partial charge on any atom is -0.391 e. The standard InChI is InChI=1S/C10H18O3/c1-5-6-8-9(7(2)11)13-10(3,4)12-8/h5,7-9,11H,1,6H2,2-4H3/t7-,8-,9+/m0/s1. The van der Waals surface area contributed by atoms with Gasteiger partial charge in [-0.05, 0) is 27.2 Å². The summed E-state index contributed by atoms with van der Waals surface area (Å²) in [6, 6.07) is 0. The summed E-state index contributed by atoms with van der Waals surface area (Å²) in [6.45, 7) is 9.07. The van der Waals surface area contributed by atoms with E-state index in [1.807, 2.05) is 13.8 Å². The number of aliphatic hydroxyl groups excluding tert-OH is 1. The maximum atomic E-state index is 9.44. The Morgan fingerprint density at radius 1 is 1.54 bits per heavy atom. The zero-order valence-corrected chi connectivity index (χ0v) is 8.49. The molecule has 0 saturated carbocycles. The SMILES string of the molecule is C=CC[C@@H]1OC(C)(C)O[C@@H]1[C@H](C)O. The van der Waals surface area contributed by atoms with Gasteiger partial charge >= 0.3 is 0 Å². The molecule has 1 heterocycles. The average Bonchev–Trinajstić information content (AvgIpc) is 2.26. The van der Waals surface area contributed by atoms with Crippen molar-refractivity contribution in [1.82, 2.24) is 0 Å². The van der Waals surface area contributed by atoms with Crippen LogP contribution in [-0.4, -0.2) is 29.2 Å². The second-order valence-corrected chi connectivity index (χ2v) is 3.90. The third kappa shape index (κ3) is 2.53. The van der Waals surface area contributed by atoms with Crippen molar-refractivity contribution in [2.24, 2.45) is 0 Å². The molecule has 13 heavy (non-hydrogen) atoms. The monoisotopic (exact) mass is 186 g/mol. The highest BCUT2D eigenvalue weighted by Gasteiger charge is 2.42. The summed E-state index contributed by atoms with van der Waals surface area (Å²) in [6.07, 6.45) is 1.66. The molecule has 0 radical (unpaired) electrons. The van der Waals surface area contributed by atoms with Crippen LogP contribution >= 0.6 is 0 Å². The highest BCUT2D eigenvalue weighted by atomic mass is 16.8. The van der Waals surface area contributed by atoms with Gasteiger partial charge in [-0.25, -0.2) is 0 Å². The number of rotatable bonds is 3. The zero-order valence-electron chi connectivity index (χ0n) is 8.49. The van der Waals surface area contributed by atoms with E-state index in [0.717, 1.165) is 0 Å². The third-order valence-electron chi connectivity index (χ3n) is 2.10. The highest BCUT2D eigenvalue weighted by Crippen LogP contribution is 2.31. The summed E-state index contributed by atoms with van der Waals surface area (Å²) in [5.74, 6) is -0.588. The van der Waals surface area contributed by atoms with Crippen molar-refractivity contribution >= 4 is 0 Å². The molecular weight excluding hydrogens is 168 g/mol. The number of aliphatic hydroxyl groups is 1. The first-order chi connectivity index (χ1) is 5.96. The van der Waals surface area contributed by atoms with E-state index in [1.165, 1.54) is 0 Å². The quantitative estimate of drug-likeness (QED) is 0.678. The van der Waals surface area contributed by atoms with E-state index in [1.54, 1.807) is 13.0 Å². The van der Waals surface area contributed by atoms with Gasteiger partial charge < -0.3 is 14.6 Å². The maximum Gasteiger partial charge on any atom is 0.163 e. The minimum atomic E-state index is -0.588. The van der Waals surface area contributed by atoms with Crippen molar-refractivity contribution in [1.29, 1.82) is 0 Å². The van der Waals surface area contributed by atoms with Crippen LogP contribution < -0.4 is 0 Å². The molecule has 1 rings (SSSR count). The van der Waals surface area contributed by atoms with Crippen molar-refractivity contribution in [3.05, 3.63) is 12.7 Å². The molecule has 0 aromatic rings. The molecule has 1 fully saturated rings. The minimum absolute atomic E-state index is 0.0764. The predicted molar refractivity (Wildman–Crippen MR) is 50.3 cm³/mol. The van der Waals surface area contributed by atoms with Crippen molar-refractivity contribution in [2.45, 2.75) is 51.3 Å². The van der Waals surface area contributed by atoms with Gasteiger partial charge in [0.15, 0.2) is 5.79 Å². The van der Waals surface area contributed by atoms with E-state index >= 15 is 0 Å². The summed E-state index contributed by atoms with van der Waals surface area (Å²) >= 11 is 0. The lowest BCUT2D eigenvalue weighted by Crippen LogP contribution is -2.32. The van der Waals surface area contributed by atoms with Crippen molar-refractivity contribution in [2.75, 3.05) is 0 Å². The van der Waals surface area contributed by atoms with Crippen molar-refractivity contribution in [3.63, 3.8) is 0 Å². The number of hydrogen-bond donors (Lipinski definition) is 1. The molecule has 0 bridgehead atoms. The lowest BCUT2D eigenvalue weighted by molar-refractivity contribution is -0.153. The second-order valence-electron chi connectivity index (χ2n) is 3.90. The predicted octanol–water partition coefficient (Wildman–Crippen LogP) is 1.46. The van der Waals surface area contributed by atoms with E-state index < -0.39 is 11.9 Å². The molecule has 3 nitrogen and oxygen atoms in total. The van der Waals surface area contributed by atoms with Crippen LogP contribution in [0.4, 0.5) is 0 Å². The smallest absolute Gasteiger partial charge is 0.163 e. The Labute approximate surface area is 79.3 Å². The first kappa shape index (κ1) is 10.7. The van der Waals surface area contributed by atoms with Crippen LogP contribution in [0.2, 0.25) is 0 Å². The zero-order chi connectivity index (χ0) is 10.1. The van der Waals surface area contributed by atoms with Crippen LogP contribution in [-0.2, 0) is 9.47 Å². The fourth-order valence-electron chi connectivity index (χ4n) is 1.62.